The Morgan fingerprint density at radius 1 is 1.11 bits per heavy atom. The van der Waals surface area contributed by atoms with Crippen molar-refractivity contribution in [3.63, 3.8) is 0 Å². The standard InChI is InChI=1S/C14H25N3O.ClH/c18-14(10-12-2-1-3-12)17-7-4-13(11-17)16-8-5-15-6-9-16;/h12-13,15H,1-11H2;1H. The molecule has 1 N–H and O–H groups in total. The number of rotatable bonds is 3. The average Bonchev–Trinajstić information content (AvgIpc) is 2.84. The van der Waals surface area contributed by atoms with E-state index < -0.39 is 0 Å². The highest BCUT2D eigenvalue weighted by Crippen LogP contribution is 2.30. The van der Waals surface area contributed by atoms with Gasteiger partial charge in [0.25, 0.3) is 0 Å². The van der Waals surface area contributed by atoms with Crippen LogP contribution in [0.3, 0.4) is 0 Å². The van der Waals surface area contributed by atoms with Crippen LogP contribution in [0.25, 0.3) is 0 Å². The second-order valence-electron chi connectivity index (χ2n) is 6.07. The van der Waals surface area contributed by atoms with E-state index in [0.717, 1.165) is 45.7 Å². The SMILES string of the molecule is Cl.O=C(CC1CCC1)N1CCC(N2CCNCC2)C1. The number of likely N-dealkylation sites (tertiary alicyclic amines) is 1. The maximum atomic E-state index is 12.2. The number of amides is 1. The van der Waals surface area contributed by atoms with Crippen molar-refractivity contribution >= 4 is 18.3 Å². The van der Waals surface area contributed by atoms with Crippen LogP contribution in [0.5, 0.6) is 0 Å². The van der Waals surface area contributed by atoms with Crippen LogP contribution in [0.4, 0.5) is 0 Å². The van der Waals surface area contributed by atoms with Gasteiger partial charge in [0.1, 0.15) is 0 Å². The van der Waals surface area contributed by atoms with Crippen molar-refractivity contribution in [1.29, 1.82) is 0 Å². The lowest BCUT2D eigenvalue weighted by atomic mass is 9.83. The Kier molecular flexibility index (Phi) is 5.48. The number of halogens is 1. The van der Waals surface area contributed by atoms with Gasteiger partial charge in [-0.25, -0.2) is 0 Å². The van der Waals surface area contributed by atoms with Crippen LogP contribution in [0.2, 0.25) is 0 Å². The maximum absolute atomic E-state index is 12.2. The van der Waals surface area contributed by atoms with Crippen LogP contribution in [0.15, 0.2) is 0 Å². The van der Waals surface area contributed by atoms with Crippen molar-refractivity contribution in [3.8, 4) is 0 Å². The van der Waals surface area contributed by atoms with Gasteiger partial charge in [0, 0.05) is 51.7 Å². The normalized spacial score (nSPS) is 28.8. The van der Waals surface area contributed by atoms with E-state index in [-0.39, 0.29) is 12.4 Å². The zero-order valence-corrected chi connectivity index (χ0v) is 12.5. The van der Waals surface area contributed by atoms with E-state index in [1.54, 1.807) is 0 Å². The van der Waals surface area contributed by atoms with E-state index in [4.69, 9.17) is 0 Å². The summed E-state index contributed by atoms with van der Waals surface area (Å²) in [5, 5.41) is 3.39. The minimum atomic E-state index is 0. The number of piperazine rings is 1. The maximum Gasteiger partial charge on any atom is 0.222 e. The van der Waals surface area contributed by atoms with Crippen LogP contribution >= 0.6 is 12.4 Å². The highest BCUT2D eigenvalue weighted by molar-refractivity contribution is 5.85. The molecule has 2 heterocycles. The van der Waals surface area contributed by atoms with Gasteiger partial charge in [-0.2, -0.15) is 0 Å². The third-order valence-electron chi connectivity index (χ3n) is 4.87. The number of hydrogen-bond acceptors (Lipinski definition) is 3. The largest absolute Gasteiger partial charge is 0.341 e. The second-order valence-corrected chi connectivity index (χ2v) is 6.07. The summed E-state index contributed by atoms with van der Waals surface area (Å²) in [4.78, 5) is 16.9. The fourth-order valence-corrected chi connectivity index (χ4v) is 3.39. The first-order chi connectivity index (χ1) is 8.83. The first kappa shape index (κ1) is 15.1. The topological polar surface area (TPSA) is 35.6 Å². The summed E-state index contributed by atoms with van der Waals surface area (Å²) < 4.78 is 0. The fraction of sp³-hybridized carbons (Fsp3) is 0.929. The van der Waals surface area contributed by atoms with Gasteiger partial charge >= 0.3 is 0 Å². The molecule has 3 rings (SSSR count). The average molecular weight is 288 g/mol. The van der Waals surface area contributed by atoms with Crippen molar-refractivity contribution in [2.75, 3.05) is 39.3 Å². The lowest BCUT2D eigenvalue weighted by Crippen LogP contribution is -2.49. The number of carbonyl (C=O) groups is 1. The molecule has 5 heteroatoms. The van der Waals surface area contributed by atoms with Gasteiger partial charge < -0.3 is 10.2 Å². The molecule has 0 bridgehead atoms. The number of carbonyl (C=O) groups excluding carboxylic acids is 1. The van der Waals surface area contributed by atoms with E-state index in [1.165, 1.54) is 25.7 Å². The van der Waals surface area contributed by atoms with Crippen LogP contribution in [-0.2, 0) is 4.79 Å². The van der Waals surface area contributed by atoms with E-state index in [2.05, 4.69) is 15.1 Å². The zero-order chi connectivity index (χ0) is 12.4. The third-order valence-corrected chi connectivity index (χ3v) is 4.87. The van der Waals surface area contributed by atoms with E-state index in [9.17, 15) is 4.79 Å². The Morgan fingerprint density at radius 3 is 2.47 bits per heavy atom. The summed E-state index contributed by atoms with van der Waals surface area (Å²) in [6, 6.07) is 0.623. The molecule has 1 saturated carbocycles. The minimum absolute atomic E-state index is 0. The van der Waals surface area contributed by atoms with Gasteiger partial charge in [0.2, 0.25) is 5.91 Å². The molecule has 0 spiro atoms. The molecule has 110 valence electrons. The summed E-state index contributed by atoms with van der Waals surface area (Å²) in [5.74, 6) is 1.12. The molecule has 3 fully saturated rings. The Balaban J connectivity index is 0.00000133. The van der Waals surface area contributed by atoms with Crippen molar-refractivity contribution in [2.24, 2.45) is 5.92 Å². The van der Waals surface area contributed by atoms with Gasteiger partial charge in [-0.3, -0.25) is 9.69 Å². The molecular weight excluding hydrogens is 262 g/mol. The first-order valence-electron chi connectivity index (χ1n) is 7.55. The molecule has 1 amide bonds. The first-order valence-corrected chi connectivity index (χ1v) is 7.55. The molecule has 2 aliphatic heterocycles. The molecule has 1 aliphatic carbocycles. The molecule has 1 atom stereocenters. The zero-order valence-electron chi connectivity index (χ0n) is 11.6. The van der Waals surface area contributed by atoms with Gasteiger partial charge in [-0.15, -0.1) is 12.4 Å². The Morgan fingerprint density at radius 2 is 1.84 bits per heavy atom. The van der Waals surface area contributed by atoms with Gasteiger partial charge in [0.15, 0.2) is 0 Å². The number of hydrogen-bond donors (Lipinski definition) is 1. The van der Waals surface area contributed by atoms with Crippen molar-refractivity contribution in [1.82, 2.24) is 15.1 Å². The van der Waals surface area contributed by atoms with Gasteiger partial charge in [0.05, 0.1) is 0 Å². The molecule has 19 heavy (non-hydrogen) atoms. The molecular formula is C14H26ClN3O. The summed E-state index contributed by atoms with van der Waals surface area (Å²) in [7, 11) is 0. The lowest BCUT2D eigenvalue weighted by Gasteiger charge is -2.33. The van der Waals surface area contributed by atoms with Crippen LogP contribution in [0, 0.1) is 5.92 Å². The highest BCUT2D eigenvalue weighted by atomic mass is 35.5. The molecule has 4 nitrogen and oxygen atoms in total. The summed E-state index contributed by atoms with van der Waals surface area (Å²) in [6.45, 7) is 6.47. The fourth-order valence-electron chi connectivity index (χ4n) is 3.39. The summed E-state index contributed by atoms with van der Waals surface area (Å²) in [5.41, 5.74) is 0. The predicted octanol–water partition coefficient (Wildman–Crippen LogP) is 1.10. The quantitative estimate of drug-likeness (QED) is 0.844. The Bertz CT molecular complexity index is 303. The predicted molar refractivity (Wildman–Crippen MR) is 78.6 cm³/mol. The van der Waals surface area contributed by atoms with Crippen LogP contribution in [0.1, 0.15) is 32.1 Å². The molecule has 2 saturated heterocycles. The third kappa shape index (κ3) is 3.61. The van der Waals surface area contributed by atoms with Gasteiger partial charge in [-0.05, 0) is 25.2 Å². The Labute approximate surface area is 122 Å². The molecule has 0 aromatic heterocycles. The monoisotopic (exact) mass is 287 g/mol. The van der Waals surface area contributed by atoms with E-state index in [0.29, 0.717) is 17.9 Å². The van der Waals surface area contributed by atoms with Crippen molar-refractivity contribution in [2.45, 2.75) is 38.1 Å². The highest BCUT2D eigenvalue weighted by Gasteiger charge is 2.32. The number of nitrogens with one attached hydrogen (secondary N) is 1. The van der Waals surface area contributed by atoms with Crippen LogP contribution in [-0.4, -0.2) is 61.0 Å². The number of nitrogens with zero attached hydrogens (tertiary/aromatic N) is 2. The summed E-state index contributed by atoms with van der Waals surface area (Å²) >= 11 is 0. The Hall–Kier alpha value is -0.320. The van der Waals surface area contributed by atoms with Gasteiger partial charge in [-0.1, -0.05) is 6.42 Å². The smallest absolute Gasteiger partial charge is 0.222 e. The second kappa shape index (κ2) is 6.91. The van der Waals surface area contributed by atoms with E-state index in [1.807, 2.05) is 0 Å². The van der Waals surface area contributed by atoms with Crippen molar-refractivity contribution < 1.29 is 4.79 Å². The van der Waals surface area contributed by atoms with Crippen molar-refractivity contribution in [3.05, 3.63) is 0 Å². The van der Waals surface area contributed by atoms with E-state index >= 15 is 0 Å². The molecule has 0 radical (unpaired) electrons. The lowest BCUT2D eigenvalue weighted by molar-refractivity contribution is -0.132. The van der Waals surface area contributed by atoms with Crippen LogP contribution < -0.4 is 5.32 Å². The molecule has 0 aromatic carbocycles. The minimum Gasteiger partial charge on any atom is -0.341 e. The summed E-state index contributed by atoms with van der Waals surface area (Å²) in [6.07, 6.45) is 5.88. The molecule has 1 unspecified atom stereocenters. The molecule has 3 aliphatic rings. The molecule has 0 aromatic rings.